The molecule has 0 saturated carbocycles. The van der Waals surface area contributed by atoms with Gasteiger partial charge in [0.25, 0.3) is 0 Å². The number of ether oxygens (including phenoxy) is 3. The van der Waals surface area contributed by atoms with Crippen molar-refractivity contribution in [2.24, 2.45) is 0 Å². The minimum Gasteiger partial charge on any atom is -0.507 e. The van der Waals surface area contributed by atoms with E-state index in [-0.39, 0.29) is 34.7 Å². The third-order valence-corrected chi connectivity index (χ3v) is 8.80. The molecule has 0 aliphatic carbocycles. The quantitative estimate of drug-likeness (QED) is 0.157. The highest BCUT2D eigenvalue weighted by Crippen LogP contribution is 2.45. The molecule has 3 aromatic carbocycles. The average Bonchev–Trinajstić information content (AvgIpc) is 3.62. The molecule has 4 heterocycles. The number of nitrogens with two attached hydrogens (primary N) is 1. The van der Waals surface area contributed by atoms with Crippen LogP contribution >= 0.6 is 0 Å². The van der Waals surface area contributed by atoms with Crippen LogP contribution in [0.15, 0.2) is 63.8 Å². The third-order valence-electron chi connectivity index (χ3n) is 8.80. The molecule has 3 N–H and O–H groups in total. The Kier molecular flexibility index (Phi) is 5.97. The van der Waals surface area contributed by atoms with Crippen LogP contribution in [0, 0.1) is 6.92 Å². The third kappa shape index (κ3) is 4.46. The highest BCUT2D eigenvalue weighted by atomic mass is 16.7. The van der Waals surface area contributed by atoms with Crippen LogP contribution in [0.2, 0.25) is 0 Å². The van der Waals surface area contributed by atoms with Gasteiger partial charge < -0.3 is 29.5 Å². The Morgan fingerprint density at radius 3 is 2.72 bits per heavy atom. The second-order valence-electron chi connectivity index (χ2n) is 12.2. The van der Waals surface area contributed by atoms with Crippen LogP contribution in [-0.2, 0) is 27.1 Å². The van der Waals surface area contributed by atoms with Crippen molar-refractivity contribution in [3.8, 4) is 11.5 Å². The smallest absolute Gasteiger partial charge is 0.341 e. The summed E-state index contributed by atoms with van der Waals surface area (Å²) in [6, 6.07) is 17.0. The van der Waals surface area contributed by atoms with Gasteiger partial charge in [-0.3, -0.25) is 4.79 Å². The molecule has 7 rings (SSSR count). The molecule has 1 fully saturated rings. The van der Waals surface area contributed by atoms with Gasteiger partial charge in [0.15, 0.2) is 11.0 Å². The predicted octanol–water partition coefficient (Wildman–Crippen LogP) is 5.51. The van der Waals surface area contributed by atoms with E-state index in [0.717, 1.165) is 27.2 Å². The Balaban J connectivity index is 1.09. The first-order valence-electron chi connectivity index (χ1n) is 14.4. The number of pyridine rings is 1. The van der Waals surface area contributed by atoms with Gasteiger partial charge >= 0.3 is 5.97 Å². The van der Waals surface area contributed by atoms with Crippen LogP contribution < -0.4 is 15.9 Å². The lowest BCUT2D eigenvalue weighted by Crippen LogP contribution is -2.50. The number of hydrogen-bond acceptors (Lipinski definition) is 9. The number of hydrogen-bond donors (Lipinski definition) is 2. The molecular weight excluding hydrogens is 548 g/mol. The zero-order valence-corrected chi connectivity index (χ0v) is 24.4. The molecule has 5 aromatic rings. The summed E-state index contributed by atoms with van der Waals surface area (Å²) in [5.74, 6) is 0.547. The van der Waals surface area contributed by atoms with Gasteiger partial charge in [0.1, 0.15) is 45.8 Å². The number of aromatic nitrogens is 1. The van der Waals surface area contributed by atoms with Crippen molar-refractivity contribution >= 4 is 44.4 Å². The molecule has 2 aliphatic heterocycles. The molecule has 9 nitrogen and oxygen atoms in total. The van der Waals surface area contributed by atoms with E-state index in [9.17, 15) is 14.7 Å². The fourth-order valence-electron chi connectivity index (χ4n) is 6.26. The topological polar surface area (TPSA) is 137 Å². The number of benzene rings is 3. The first-order valence-corrected chi connectivity index (χ1v) is 14.4. The monoisotopic (exact) mass is 580 g/mol. The number of carbonyl (C=O) groups is 1. The van der Waals surface area contributed by atoms with Crippen LogP contribution in [0.5, 0.6) is 11.5 Å². The summed E-state index contributed by atoms with van der Waals surface area (Å²) in [5.41, 5.74) is 6.35. The van der Waals surface area contributed by atoms with Crippen LogP contribution in [0.3, 0.4) is 0 Å². The summed E-state index contributed by atoms with van der Waals surface area (Å²) in [7, 11) is 0. The van der Waals surface area contributed by atoms with Gasteiger partial charge in [0.05, 0.1) is 11.6 Å². The van der Waals surface area contributed by atoms with Gasteiger partial charge in [0.2, 0.25) is 0 Å². The molecule has 220 valence electrons. The summed E-state index contributed by atoms with van der Waals surface area (Å²) in [5, 5.41) is 14.3. The molecule has 2 aliphatic rings. The molecule has 1 saturated heterocycles. The van der Waals surface area contributed by atoms with E-state index in [1.165, 1.54) is 6.07 Å². The zero-order valence-electron chi connectivity index (χ0n) is 24.4. The highest BCUT2D eigenvalue weighted by Gasteiger charge is 2.60. The molecule has 0 amide bonds. The minimum absolute atomic E-state index is 0.0764. The van der Waals surface area contributed by atoms with E-state index in [1.807, 2.05) is 44.2 Å². The highest BCUT2D eigenvalue weighted by molar-refractivity contribution is 6.06. The number of aryl methyl sites for hydroxylation is 2. The van der Waals surface area contributed by atoms with Gasteiger partial charge in [-0.15, -0.1) is 0 Å². The standard InChI is InChI=1S/C34H32N2O7/c1-17-13-23(37)29-25(40-17)16-24-22(31(29)38)15-27(33(2,3)42-24)41-32(39)34(4)26(43-34)12-10-19-14-28(35)36-30-20-8-6-5-7-18(20)9-11-21(19)30/h5-9,11,13-14,16,26-27,38H,10,12,15H2,1-4H3,(H2,35,36)/t26-,27-,34-/m1/s1. The number of nitrogen functional groups attached to an aromatic ring is 1. The molecule has 2 aromatic heterocycles. The summed E-state index contributed by atoms with van der Waals surface area (Å²) >= 11 is 0. The van der Waals surface area contributed by atoms with E-state index in [2.05, 4.69) is 17.1 Å². The second kappa shape index (κ2) is 9.44. The van der Waals surface area contributed by atoms with Gasteiger partial charge in [-0.1, -0.05) is 36.4 Å². The van der Waals surface area contributed by atoms with Crippen molar-refractivity contribution in [1.82, 2.24) is 4.98 Å². The maximum absolute atomic E-state index is 13.5. The Morgan fingerprint density at radius 1 is 1.12 bits per heavy atom. The van der Waals surface area contributed by atoms with Crippen LogP contribution in [0.25, 0.3) is 32.6 Å². The number of anilines is 1. The SMILES string of the molecule is Cc1cc(=O)c2c(O)c3c(cc2o1)OC(C)(C)[C@H](OC(=O)[C@]1(C)O[C@@H]1CCc1cc(N)nc2c1ccc1ccccc12)C3. The Hall–Kier alpha value is -4.63. The molecule has 3 atom stereocenters. The summed E-state index contributed by atoms with van der Waals surface area (Å²) < 4.78 is 23.8. The normalized spacial score (nSPS) is 22.3. The van der Waals surface area contributed by atoms with Crippen molar-refractivity contribution < 1.29 is 28.5 Å². The van der Waals surface area contributed by atoms with Crippen molar-refractivity contribution in [3.05, 3.63) is 81.7 Å². The number of phenolic OH excluding ortho intramolecular Hbond substituents is 1. The largest absolute Gasteiger partial charge is 0.507 e. The number of epoxide rings is 1. The first-order chi connectivity index (χ1) is 20.4. The fourth-order valence-corrected chi connectivity index (χ4v) is 6.26. The summed E-state index contributed by atoms with van der Waals surface area (Å²) in [4.78, 5) is 30.7. The lowest BCUT2D eigenvalue weighted by Gasteiger charge is -2.39. The molecule has 43 heavy (non-hydrogen) atoms. The van der Waals surface area contributed by atoms with E-state index in [1.54, 1.807) is 19.9 Å². The van der Waals surface area contributed by atoms with Gasteiger partial charge in [0, 0.05) is 34.9 Å². The number of aromatic hydroxyl groups is 1. The Bertz CT molecular complexity index is 2030. The fraction of sp³-hybridized carbons (Fsp3) is 0.324. The predicted molar refractivity (Wildman–Crippen MR) is 162 cm³/mol. The Labute approximate surface area is 247 Å². The van der Waals surface area contributed by atoms with Gasteiger partial charge in [-0.05, 0) is 57.6 Å². The Morgan fingerprint density at radius 2 is 1.91 bits per heavy atom. The van der Waals surface area contributed by atoms with E-state index >= 15 is 0 Å². The lowest BCUT2D eigenvalue weighted by molar-refractivity contribution is -0.166. The minimum atomic E-state index is -1.11. The van der Waals surface area contributed by atoms with E-state index < -0.39 is 23.3 Å². The summed E-state index contributed by atoms with van der Waals surface area (Å²) in [6.45, 7) is 7.03. The number of fused-ring (bicyclic) bond motifs is 5. The van der Waals surface area contributed by atoms with Crippen LogP contribution in [0.1, 0.15) is 44.1 Å². The molecule has 0 bridgehead atoms. The maximum atomic E-state index is 13.5. The van der Waals surface area contributed by atoms with Crippen molar-refractivity contribution in [2.75, 3.05) is 5.73 Å². The van der Waals surface area contributed by atoms with Crippen molar-refractivity contribution in [3.63, 3.8) is 0 Å². The van der Waals surface area contributed by atoms with Crippen LogP contribution in [-0.4, -0.2) is 39.5 Å². The van der Waals surface area contributed by atoms with E-state index in [4.69, 9.17) is 24.4 Å². The molecule has 9 heteroatoms. The van der Waals surface area contributed by atoms with Crippen molar-refractivity contribution in [1.29, 1.82) is 0 Å². The van der Waals surface area contributed by atoms with E-state index in [0.29, 0.717) is 35.7 Å². The first kappa shape index (κ1) is 27.2. The van der Waals surface area contributed by atoms with Crippen molar-refractivity contribution in [2.45, 2.75) is 70.4 Å². The van der Waals surface area contributed by atoms with Gasteiger partial charge in [-0.25, -0.2) is 9.78 Å². The zero-order chi connectivity index (χ0) is 30.3. The summed E-state index contributed by atoms with van der Waals surface area (Å²) in [6.07, 6.45) is 0.331. The molecule has 0 unspecified atom stereocenters. The van der Waals surface area contributed by atoms with Crippen LogP contribution in [0.4, 0.5) is 5.82 Å². The number of rotatable bonds is 5. The number of carbonyl (C=O) groups excluding carboxylic acids is 1. The molecule has 0 spiro atoms. The number of phenols is 1. The maximum Gasteiger partial charge on any atom is 0.341 e. The number of esters is 1. The molecule has 0 radical (unpaired) electrons. The molecular formula is C34H32N2O7. The average molecular weight is 581 g/mol. The second-order valence-corrected chi connectivity index (χ2v) is 12.2. The number of nitrogens with zero attached hydrogens (tertiary/aromatic N) is 1. The van der Waals surface area contributed by atoms with Gasteiger partial charge in [-0.2, -0.15) is 0 Å². The lowest BCUT2D eigenvalue weighted by atomic mass is 9.89.